The molecular formula is C15H22ClN3O. The molecule has 1 N–H and O–H groups in total. The molecule has 110 valence electrons. The van der Waals surface area contributed by atoms with Gasteiger partial charge in [-0.15, -0.1) is 0 Å². The molecule has 0 fully saturated rings. The number of aliphatic hydroxyl groups excluding tert-OH is 1. The zero-order valence-corrected chi connectivity index (χ0v) is 13.1. The predicted octanol–water partition coefficient (Wildman–Crippen LogP) is 3.08. The Morgan fingerprint density at radius 3 is 2.75 bits per heavy atom. The first-order valence-electron chi connectivity index (χ1n) is 7.01. The number of hydrogen-bond acceptors (Lipinski definition) is 3. The summed E-state index contributed by atoms with van der Waals surface area (Å²) >= 11 is 6.06. The van der Waals surface area contributed by atoms with Crippen molar-refractivity contribution in [3.63, 3.8) is 0 Å². The van der Waals surface area contributed by atoms with E-state index in [-0.39, 0.29) is 12.6 Å². The van der Waals surface area contributed by atoms with E-state index in [2.05, 4.69) is 30.5 Å². The topological polar surface area (TPSA) is 41.3 Å². The number of fused-ring (bicyclic) bond motifs is 1. The van der Waals surface area contributed by atoms with Crippen molar-refractivity contribution in [2.24, 2.45) is 0 Å². The molecule has 0 radical (unpaired) electrons. The standard InChI is InChI=1S/C15H22ClN3O/c1-4-13(18(2)3)15-17-12-10-11(16)6-7-14(12)19(15)8-5-9-20/h6-7,10,13,20H,4-5,8-9H2,1-3H3. The van der Waals surface area contributed by atoms with E-state index < -0.39 is 0 Å². The first-order chi connectivity index (χ1) is 9.58. The van der Waals surface area contributed by atoms with Crippen molar-refractivity contribution in [2.45, 2.75) is 32.4 Å². The number of aryl methyl sites for hydroxylation is 1. The second-order valence-electron chi connectivity index (χ2n) is 5.22. The van der Waals surface area contributed by atoms with Gasteiger partial charge in [0.15, 0.2) is 0 Å². The van der Waals surface area contributed by atoms with Crippen LogP contribution >= 0.6 is 11.6 Å². The maximum Gasteiger partial charge on any atom is 0.127 e. The smallest absolute Gasteiger partial charge is 0.127 e. The van der Waals surface area contributed by atoms with Crippen molar-refractivity contribution in [3.05, 3.63) is 29.0 Å². The molecule has 1 aromatic carbocycles. The van der Waals surface area contributed by atoms with Crippen LogP contribution in [0.25, 0.3) is 11.0 Å². The molecule has 1 unspecified atom stereocenters. The summed E-state index contributed by atoms with van der Waals surface area (Å²) in [6.45, 7) is 3.12. The number of hydrogen-bond donors (Lipinski definition) is 1. The van der Waals surface area contributed by atoms with Gasteiger partial charge in [-0.25, -0.2) is 4.98 Å². The molecule has 1 heterocycles. The maximum atomic E-state index is 9.11. The van der Waals surface area contributed by atoms with Gasteiger partial charge in [-0.2, -0.15) is 0 Å². The number of aromatic nitrogens is 2. The van der Waals surface area contributed by atoms with Gasteiger partial charge >= 0.3 is 0 Å². The van der Waals surface area contributed by atoms with E-state index in [1.807, 2.05) is 18.2 Å². The highest BCUT2D eigenvalue weighted by Gasteiger charge is 2.20. The van der Waals surface area contributed by atoms with E-state index in [1.165, 1.54) is 0 Å². The van der Waals surface area contributed by atoms with Crippen molar-refractivity contribution in [2.75, 3.05) is 20.7 Å². The van der Waals surface area contributed by atoms with Crippen LogP contribution in [0.1, 0.15) is 31.6 Å². The summed E-state index contributed by atoms with van der Waals surface area (Å²) in [6.07, 6.45) is 1.72. The van der Waals surface area contributed by atoms with Gasteiger partial charge in [-0.05, 0) is 45.1 Å². The summed E-state index contributed by atoms with van der Waals surface area (Å²) in [7, 11) is 4.13. The first kappa shape index (κ1) is 15.3. The molecule has 4 nitrogen and oxygen atoms in total. The van der Waals surface area contributed by atoms with Crippen LogP contribution in [-0.4, -0.2) is 40.3 Å². The minimum atomic E-state index is 0.186. The normalized spacial score (nSPS) is 13.3. The number of halogens is 1. The van der Waals surface area contributed by atoms with Crippen LogP contribution < -0.4 is 0 Å². The quantitative estimate of drug-likeness (QED) is 0.890. The van der Waals surface area contributed by atoms with Crippen LogP contribution in [0.15, 0.2) is 18.2 Å². The van der Waals surface area contributed by atoms with Gasteiger partial charge in [0.1, 0.15) is 5.82 Å². The van der Waals surface area contributed by atoms with Gasteiger partial charge in [0.25, 0.3) is 0 Å². The predicted molar refractivity (Wildman–Crippen MR) is 83.2 cm³/mol. The highest BCUT2D eigenvalue weighted by molar-refractivity contribution is 6.31. The first-order valence-corrected chi connectivity index (χ1v) is 7.39. The molecule has 0 saturated heterocycles. The molecule has 0 aliphatic rings. The van der Waals surface area contributed by atoms with Crippen molar-refractivity contribution < 1.29 is 5.11 Å². The fourth-order valence-corrected chi connectivity index (χ4v) is 2.78. The zero-order valence-electron chi connectivity index (χ0n) is 12.3. The Labute approximate surface area is 125 Å². The number of nitrogens with zero attached hydrogens (tertiary/aromatic N) is 3. The molecule has 0 amide bonds. The fourth-order valence-electron chi connectivity index (χ4n) is 2.62. The Morgan fingerprint density at radius 2 is 2.15 bits per heavy atom. The Kier molecular flexibility index (Phi) is 5.02. The average Bonchev–Trinajstić information content (AvgIpc) is 2.74. The number of imidazole rings is 1. The zero-order chi connectivity index (χ0) is 14.7. The van der Waals surface area contributed by atoms with Crippen molar-refractivity contribution in [1.29, 1.82) is 0 Å². The molecule has 1 atom stereocenters. The van der Waals surface area contributed by atoms with Crippen molar-refractivity contribution >= 4 is 22.6 Å². The van der Waals surface area contributed by atoms with Gasteiger partial charge in [-0.3, -0.25) is 4.90 Å². The maximum absolute atomic E-state index is 9.11. The van der Waals surface area contributed by atoms with E-state index in [0.717, 1.165) is 36.2 Å². The summed E-state index contributed by atoms with van der Waals surface area (Å²) in [5.74, 6) is 1.04. The Morgan fingerprint density at radius 1 is 1.40 bits per heavy atom. The lowest BCUT2D eigenvalue weighted by Gasteiger charge is -2.23. The Bertz CT molecular complexity index is 580. The number of benzene rings is 1. The molecule has 0 aliphatic heterocycles. The molecule has 20 heavy (non-hydrogen) atoms. The third-order valence-electron chi connectivity index (χ3n) is 3.59. The summed E-state index contributed by atoms with van der Waals surface area (Å²) < 4.78 is 2.20. The van der Waals surface area contributed by atoms with E-state index >= 15 is 0 Å². The monoisotopic (exact) mass is 295 g/mol. The van der Waals surface area contributed by atoms with Gasteiger partial charge in [-0.1, -0.05) is 18.5 Å². The van der Waals surface area contributed by atoms with Gasteiger partial charge < -0.3 is 9.67 Å². The van der Waals surface area contributed by atoms with E-state index in [4.69, 9.17) is 21.7 Å². The minimum Gasteiger partial charge on any atom is -0.396 e. The van der Waals surface area contributed by atoms with Crippen LogP contribution in [-0.2, 0) is 6.54 Å². The lowest BCUT2D eigenvalue weighted by atomic mass is 10.2. The summed E-state index contributed by atoms with van der Waals surface area (Å²) in [5, 5.41) is 9.81. The van der Waals surface area contributed by atoms with Gasteiger partial charge in [0, 0.05) is 18.2 Å². The van der Waals surface area contributed by atoms with Gasteiger partial charge in [0.2, 0.25) is 0 Å². The Balaban J connectivity index is 2.55. The van der Waals surface area contributed by atoms with Crippen LogP contribution in [0.2, 0.25) is 5.02 Å². The van der Waals surface area contributed by atoms with Gasteiger partial charge in [0.05, 0.1) is 17.1 Å². The van der Waals surface area contributed by atoms with Crippen LogP contribution in [0.3, 0.4) is 0 Å². The lowest BCUT2D eigenvalue weighted by molar-refractivity contribution is 0.261. The third kappa shape index (κ3) is 2.97. The van der Waals surface area contributed by atoms with E-state index in [9.17, 15) is 0 Å². The Hall–Kier alpha value is -1.10. The van der Waals surface area contributed by atoms with E-state index in [0.29, 0.717) is 5.02 Å². The molecule has 0 saturated carbocycles. The van der Waals surface area contributed by atoms with Crippen molar-refractivity contribution in [3.8, 4) is 0 Å². The molecule has 2 rings (SSSR count). The number of aliphatic hydroxyl groups is 1. The largest absolute Gasteiger partial charge is 0.396 e. The molecule has 0 spiro atoms. The molecule has 2 aromatic rings. The molecule has 0 aliphatic carbocycles. The lowest BCUT2D eigenvalue weighted by Crippen LogP contribution is -2.23. The van der Waals surface area contributed by atoms with Crippen LogP contribution in [0.4, 0.5) is 0 Å². The average molecular weight is 296 g/mol. The number of rotatable bonds is 6. The molecule has 0 bridgehead atoms. The summed E-state index contributed by atoms with van der Waals surface area (Å²) in [5.41, 5.74) is 2.00. The van der Waals surface area contributed by atoms with Crippen LogP contribution in [0.5, 0.6) is 0 Å². The molecular weight excluding hydrogens is 274 g/mol. The third-order valence-corrected chi connectivity index (χ3v) is 3.82. The van der Waals surface area contributed by atoms with Crippen LogP contribution in [0, 0.1) is 0 Å². The second-order valence-corrected chi connectivity index (χ2v) is 5.66. The highest BCUT2D eigenvalue weighted by Crippen LogP contribution is 2.27. The molecule has 5 heteroatoms. The van der Waals surface area contributed by atoms with Crippen molar-refractivity contribution in [1.82, 2.24) is 14.5 Å². The highest BCUT2D eigenvalue weighted by atomic mass is 35.5. The fraction of sp³-hybridized carbons (Fsp3) is 0.533. The SMILES string of the molecule is CCC(c1nc2cc(Cl)ccc2n1CCCO)N(C)C. The molecule has 1 aromatic heterocycles. The second kappa shape index (κ2) is 6.57. The summed E-state index contributed by atoms with van der Waals surface area (Å²) in [6, 6.07) is 6.06. The minimum absolute atomic E-state index is 0.186. The summed E-state index contributed by atoms with van der Waals surface area (Å²) in [4.78, 5) is 6.95. The van der Waals surface area contributed by atoms with E-state index in [1.54, 1.807) is 0 Å².